The van der Waals surface area contributed by atoms with Gasteiger partial charge in [0, 0.05) is 6.54 Å². The van der Waals surface area contributed by atoms with E-state index in [0.29, 0.717) is 16.5 Å². The fraction of sp³-hybridized carbons (Fsp3) is 0.211. The van der Waals surface area contributed by atoms with Crippen molar-refractivity contribution in [2.24, 2.45) is 0 Å². The number of aromatic nitrogens is 2. The van der Waals surface area contributed by atoms with E-state index in [4.69, 9.17) is 4.74 Å². The summed E-state index contributed by atoms with van der Waals surface area (Å²) in [4.78, 5) is 30.0. The van der Waals surface area contributed by atoms with Crippen molar-refractivity contribution in [2.75, 3.05) is 6.54 Å². The van der Waals surface area contributed by atoms with E-state index in [1.165, 1.54) is 12.4 Å². The number of alkyl carbamates (subject to hydrolysis) is 1. The molecule has 8 nitrogen and oxygen atoms in total. The van der Waals surface area contributed by atoms with E-state index in [2.05, 4.69) is 15.3 Å². The minimum Gasteiger partial charge on any atom is -0.445 e. The Bertz CT molecular complexity index is 974. The van der Waals surface area contributed by atoms with Crippen LogP contribution < -0.4 is 10.9 Å². The summed E-state index contributed by atoms with van der Waals surface area (Å²) in [5.41, 5.74) is 1.31. The Labute approximate surface area is 154 Å². The minimum absolute atomic E-state index is 0.103. The summed E-state index contributed by atoms with van der Waals surface area (Å²) in [6, 6.07) is 13.8. The molecule has 0 fully saturated rings. The summed E-state index contributed by atoms with van der Waals surface area (Å²) in [6.07, 6.45) is -1.98. The number of amides is 1. The number of hydrogen-bond donors (Lipinski definition) is 4. The topological polar surface area (TPSA) is 125 Å². The molecule has 1 aromatic heterocycles. The van der Waals surface area contributed by atoms with Crippen molar-refractivity contribution in [2.45, 2.75) is 18.8 Å². The molecule has 0 bridgehead atoms. The van der Waals surface area contributed by atoms with Gasteiger partial charge in [0.15, 0.2) is 0 Å². The molecule has 1 amide bonds. The lowest BCUT2D eigenvalue weighted by molar-refractivity contribution is 0.0185. The Morgan fingerprint density at radius 3 is 2.74 bits per heavy atom. The highest BCUT2D eigenvalue weighted by Crippen LogP contribution is 2.19. The highest BCUT2D eigenvalue weighted by Gasteiger charge is 2.20. The second kappa shape index (κ2) is 8.43. The predicted octanol–water partition coefficient (Wildman–Crippen LogP) is 1.24. The van der Waals surface area contributed by atoms with Crippen molar-refractivity contribution in [3.8, 4) is 0 Å². The molecule has 0 saturated heterocycles. The lowest BCUT2D eigenvalue weighted by Crippen LogP contribution is -2.35. The van der Waals surface area contributed by atoms with Crippen molar-refractivity contribution in [3.63, 3.8) is 0 Å². The number of nitrogens with zero attached hydrogens (tertiary/aromatic N) is 1. The maximum atomic E-state index is 11.8. The van der Waals surface area contributed by atoms with Crippen LogP contribution in [-0.4, -0.2) is 38.9 Å². The van der Waals surface area contributed by atoms with Crippen molar-refractivity contribution in [1.82, 2.24) is 15.3 Å². The van der Waals surface area contributed by atoms with Gasteiger partial charge in [0.05, 0.1) is 17.2 Å². The Hall–Kier alpha value is -3.23. The molecule has 3 rings (SSSR count). The summed E-state index contributed by atoms with van der Waals surface area (Å²) < 4.78 is 5.04. The Morgan fingerprint density at radius 2 is 1.96 bits per heavy atom. The first-order valence-corrected chi connectivity index (χ1v) is 8.32. The van der Waals surface area contributed by atoms with Crippen LogP contribution in [0.2, 0.25) is 0 Å². The maximum Gasteiger partial charge on any atom is 0.407 e. The highest BCUT2D eigenvalue weighted by molar-refractivity contribution is 5.78. The Morgan fingerprint density at radius 1 is 1.19 bits per heavy atom. The number of H-pyrrole nitrogens is 1. The number of carbonyl (C=O) groups is 1. The summed E-state index contributed by atoms with van der Waals surface area (Å²) in [5.74, 6) is 0. The first-order valence-electron chi connectivity index (χ1n) is 8.32. The van der Waals surface area contributed by atoms with E-state index in [0.717, 1.165) is 5.56 Å². The fourth-order valence-corrected chi connectivity index (χ4v) is 2.57. The maximum absolute atomic E-state index is 11.8. The molecule has 0 aliphatic rings. The molecular formula is C19H19N3O5. The van der Waals surface area contributed by atoms with Gasteiger partial charge in [-0.25, -0.2) is 9.78 Å². The number of aliphatic hydroxyl groups excluding tert-OH is 2. The zero-order valence-electron chi connectivity index (χ0n) is 14.3. The van der Waals surface area contributed by atoms with Crippen LogP contribution >= 0.6 is 0 Å². The zero-order chi connectivity index (χ0) is 19.2. The zero-order valence-corrected chi connectivity index (χ0v) is 14.3. The third-order valence-electron chi connectivity index (χ3n) is 4.04. The number of hydrogen-bond acceptors (Lipinski definition) is 6. The van der Waals surface area contributed by atoms with Crippen LogP contribution in [0.15, 0.2) is 59.7 Å². The summed E-state index contributed by atoms with van der Waals surface area (Å²) >= 11 is 0. The van der Waals surface area contributed by atoms with Gasteiger partial charge in [0.25, 0.3) is 5.56 Å². The van der Waals surface area contributed by atoms with Crippen LogP contribution in [0.4, 0.5) is 4.79 Å². The van der Waals surface area contributed by atoms with Gasteiger partial charge in [-0.2, -0.15) is 0 Å². The highest BCUT2D eigenvalue weighted by atomic mass is 16.5. The van der Waals surface area contributed by atoms with Gasteiger partial charge in [-0.3, -0.25) is 4.79 Å². The van der Waals surface area contributed by atoms with E-state index in [1.807, 2.05) is 30.3 Å². The largest absolute Gasteiger partial charge is 0.445 e. The third kappa shape index (κ3) is 4.69. The standard InChI is InChI=1S/C19H19N3O5/c23-16(9-20-19(26)27-10-12-4-2-1-3-5-12)17(24)13-6-7-15-14(8-13)18(25)22-11-21-15/h1-8,11,16-17,23-24H,9-10H2,(H,20,26)(H,21,22,25). The number of ether oxygens (including phenoxy) is 1. The molecule has 3 aromatic rings. The van der Waals surface area contributed by atoms with Gasteiger partial charge in [0.1, 0.15) is 18.8 Å². The van der Waals surface area contributed by atoms with E-state index < -0.39 is 18.3 Å². The molecule has 0 saturated carbocycles. The number of aliphatic hydroxyl groups is 2. The van der Waals surface area contributed by atoms with Crippen LogP contribution in [-0.2, 0) is 11.3 Å². The van der Waals surface area contributed by atoms with Gasteiger partial charge in [0.2, 0.25) is 0 Å². The molecule has 0 spiro atoms. The summed E-state index contributed by atoms with van der Waals surface area (Å²) in [5, 5.41) is 23.1. The molecule has 0 aliphatic heterocycles. The molecule has 140 valence electrons. The monoisotopic (exact) mass is 369 g/mol. The first-order chi connectivity index (χ1) is 13.0. The summed E-state index contributed by atoms with van der Waals surface area (Å²) in [6.45, 7) is -0.109. The second-order valence-corrected chi connectivity index (χ2v) is 5.96. The average Bonchev–Trinajstić information content (AvgIpc) is 2.70. The molecule has 0 radical (unpaired) electrons. The Kier molecular flexibility index (Phi) is 5.80. The lowest BCUT2D eigenvalue weighted by atomic mass is 10.0. The molecule has 4 N–H and O–H groups in total. The number of aromatic amines is 1. The van der Waals surface area contributed by atoms with Gasteiger partial charge in [-0.15, -0.1) is 0 Å². The normalized spacial score (nSPS) is 13.1. The molecule has 1 heterocycles. The number of fused-ring (bicyclic) bond motifs is 1. The SMILES string of the molecule is O=C(NCC(O)C(O)c1ccc2nc[nH]c(=O)c2c1)OCc1ccccc1. The van der Waals surface area contributed by atoms with Gasteiger partial charge >= 0.3 is 6.09 Å². The van der Waals surface area contributed by atoms with Crippen LogP contribution in [0.1, 0.15) is 17.2 Å². The molecule has 2 unspecified atom stereocenters. The smallest absolute Gasteiger partial charge is 0.407 e. The average molecular weight is 369 g/mol. The fourth-order valence-electron chi connectivity index (χ4n) is 2.57. The van der Waals surface area contributed by atoms with E-state index in [9.17, 15) is 19.8 Å². The van der Waals surface area contributed by atoms with E-state index in [-0.39, 0.29) is 18.7 Å². The molecule has 27 heavy (non-hydrogen) atoms. The van der Waals surface area contributed by atoms with Gasteiger partial charge in [-0.05, 0) is 23.3 Å². The van der Waals surface area contributed by atoms with Crippen molar-refractivity contribution < 1.29 is 19.7 Å². The van der Waals surface area contributed by atoms with Crippen molar-refractivity contribution >= 4 is 17.0 Å². The molecule has 8 heteroatoms. The van der Waals surface area contributed by atoms with Gasteiger partial charge < -0.3 is 25.3 Å². The summed E-state index contributed by atoms with van der Waals surface area (Å²) in [7, 11) is 0. The third-order valence-corrected chi connectivity index (χ3v) is 4.04. The number of benzene rings is 2. The number of rotatable bonds is 6. The molecule has 0 aliphatic carbocycles. The Balaban J connectivity index is 1.56. The van der Waals surface area contributed by atoms with E-state index in [1.54, 1.807) is 12.1 Å². The van der Waals surface area contributed by atoms with Crippen LogP contribution in [0, 0.1) is 0 Å². The molecular weight excluding hydrogens is 350 g/mol. The molecule has 2 atom stereocenters. The molecule has 2 aromatic carbocycles. The van der Waals surface area contributed by atoms with Crippen LogP contribution in [0.3, 0.4) is 0 Å². The number of carbonyl (C=O) groups excluding carboxylic acids is 1. The van der Waals surface area contributed by atoms with Crippen molar-refractivity contribution in [3.05, 3.63) is 76.3 Å². The quantitative estimate of drug-likeness (QED) is 0.518. The lowest BCUT2D eigenvalue weighted by Gasteiger charge is -2.19. The van der Waals surface area contributed by atoms with E-state index >= 15 is 0 Å². The first kappa shape index (κ1) is 18.6. The number of nitrogens with one attached hydrogen (secondary N) is 2. The van der Waals surface area contributed by atoms with Crippen LogP contribution in [0.5, 0.6) is 0 Å². The van der Waals surface area contributed by atoms with Gasteiger partial charge in [-0.1, -0.05) is 36.4 Å². The van der Waals surface area contributed by atoms with Crippen molar-refractivity contribution in [1.29, 1.82) is 0 Å². The van der Waals surface area contributed by atoms with Crippen LogP contribution in [0.25, 0.3) is 10.9 Å². The second-order valence-electron chi connectivity index (χ2n) is 5.96. The predicted molar refractivity (Wildman–Crippen MR) is 98.0 cm³/mol. The minimum atomic E-state index is -1.29.